The van der Waals surface area contributed by atoms with Gasteiger partial charge in [-0.05, 0) is 25.1 Å². The zero-order valence-corrected chi connectivity index (χ0v) is 10.0. The summed E-state index contributed by atoms with van der Waals surface area (Å²) in [7, 11) is 1.61. The van der Waals surface area contributed by atoms with E-state index in [0.29, 0.717) is 16.3 Å². The van der Waals surface area contributed by atoms with Crippen LogP contribution < -0.4 is 5.73 Å². The maximum absolute atomic E-state index is 11.9. The van der Waals surface area contributed by atoms with Gasteiger partial charge in [0.2, 0.25) is 0 Å². The summed E-state index contributed by atoms with van der Waals surface area (Å²) in [6, 6.07) is 4.73. The lowest BCUT2D eigenvalue weighted by Crippen LogP contribution is -2.33. The highest BCUT2D eigenvalue weighted by atomic mass is 35.5. The van der Waals surface area contributed by atoms with Gasteiger partial charge in [0.15, 0.2) is 0 Å². The summed E-state index contributed by atoms with van der Waals surface area (Å²) in [5.74, 6) is -0.227. The second kappa shape index (κ2) is 5.18. The predicted octanol–water partition coefficient (Wildman–Crippen LogP) is 1.38. The van der Waals surface area contributed by atoms with Crippen molar-refractivity contribution < 1.29 is 9.90 Å². The third-order valence-electron chi connectivity index (χ3n) is 2.13. The molecule has 1 rings (SSSR count). The third kappa shape index (κ3) is 3.12. The van der Waals surface area contributed by atoms with Crippen LogP contribution in [0, 0.1) is 0 Å². The van der Waals surface area contributed by atoms with E-state index in [1.54, 1.807) is 26.1 Å². The molecule has 0 saturated heterocycles. The molecule has 4 nitrogen and oxygen atoms in total. The van der Waals surface area contributed by atoms with Gasteiger partial charge in [0.25, 0.3) is 5.91 Å². The summed E-state index contributed by atoms with van der Waals surface area (Å²) in [6.45, 7) is 1.88. The van der Waals surface area contributed by atoms with Gasteiger partial charge in [0.05, 0.1) is 11.7 Å². The number of amides is 1. The van der Waals surface area contributed by atoms with Crippen molar-refractivity contribution >= 4 is 23.2 Å². The Labute approximate surface area is 99.6 Å². The van der Waals surface area contributed by atoms with Crippen molar-refractivity contribution in [3.05, 3.63) is 28.8 Å². The normalized spacial score (nSPS) is 12.2. The van der Waals surface area contributed by atoms with Crippen molar-refractivity contribution in [2.45, 2.75) is 13.0 Å². The number of nitrogen functional groups attached to an aromatic ring is 1. The van der Waals surface area contributed by atoms with E-state index >= 15 is 0 Å². The number of nitrogens with zero attached hydrogens (tertiary/aromatic N) is 1. The maximum atomic E-state index is 11.9. The highest BCUT2D eigenvalue weighted by Crippen LogP contribution is 2.19. The number of nitrogens with two attached hydrogens (primary N) is 1. The summed E-state index contributed by atoms with van der Waals surface area (Å²) in [5.41, 5.74) is 6.43. The van der Waals surface area contributed by atoms with Gasteiger partial charge < -0.3 is 15.7 Å². The van der Waals surface area contributed by atoms with E-state index in [4.69, 9.17) is 17.3 Å². The van der Waals surface area contributed by atoms with E-state index in [0.717, 1.165) is 0 Å². The summed E-state index contributed by atoms with van der Waals surface area (Å²) in [5, 5.41) is 9.68. The first kappa shape index (κ1) is 12.8. The van der Waals surface area contributed by atoms with Gasteiger partial charge in [-0.1, -0.05) is 11.6 Å². The molecule has 5 heteroatoms. The molecule has 0 aliphatic carbocycles. The van der Waals surface area contributed by atoms with Crippen LogP contribution in [0.2, 0.25) is 5.02 Å². The summed E-state index contributed by atoms with van der Waals surface area (Å²) in [6.07, 6.45) is -0.567. The minimum absolute atomic E-state index is 0.227. The Hall–Kier alpha value is -1.26. The van der Waals surface area contributed by atoms with Gasteiger partial charge in [0.1, 0.15) is 0 Å². The van der Waals surface area contributed by atoms with Gasteiger partial charge in [-0.25, -0.2) is 0 Å². The molecule has 1 unspecified atom stereocenters. The number of benzene rings is 1. The van der Waals surface area contributed by atoms with Gasteiger partial charge in [-0.15, -0.1) is 0 Å². The van der Waals surface area contributed by atoms with Crippen LogP contribution in [0.3, 0.4) is 0 Å². The average Bonchev–Trinajstić information content (AvgIpc) is 2.15. The molecule has 0 spiro atoms. The molecule has 0 aromatic heterocycles. The fourth-order valence-electron chi connectivity index (χ4n) is 1.41. The van der Waals surface area contributed by atoms with Crippen molar-refractivity contribution in [3.8, 4) is 0 Å². The molecular formula is C11H15ClN2O2. The van der Waals surface area contributed by atoms with E-state index in [1.165, 1.54) is 11.0 Å². The van der Waals surface area contributed by atoms with E-state index in [9.17, 15) is 9.90 Å². The zero-order chi connectivity index (χ0) is 12.3. The number of aliphatic hydroxyl groups is 1. The minimum atomic E-state index is -0.567. The quantitative estimate of drug-likeness (QED) is 0.787. The van der Waals surface area contributed by atoms with Crippen LogP contribution in [-0.4, -0.2) is 35.6 Å². The van der Waals surface area contributed by atoms with Gasteiger partial charge in [-0.3, -0.25) is 4.79 Å². The lowest BCUT2D eigenvalue weighted by atomic mass is 10.1. The number of likely N-dealkylation sites (N-methyl/N-ethyl adjacent to an activating group) is 1. The number of halogens is 1. The number of carbonyl (C=O) groups excluding carboxylic acids is 1. The number of hydrogen-bond acceptors (Lipinski definition) is 3. The Morgan fingerprint density at radius 2 is 2.25 bits per heavy atom. The topological polar surface area (TPSA) is 66.6 Å². The SMILES string of the molecule is CC(O)CN(C)C(=O)c1ccc(Cl)cc1N. The van der Waals surface area contributed by atoms with Crippen molar-refractivity contribution in [1.82, 2.24) is 4.90 Å². The van der Waals surface area contributed by atoms with Crippen LogP contribution in [0.1, 0.15) is 17.3 Å². The molecule has 0 aliphatic rings. The van der Waals surface area contributed by atoms with Crippen LogP contribution in [0.25, 0.3) is 0 Å². The number of rotatable bonds is 3. The molecular weight excluding hydrogens is 228 g/mol. The van der Waals surface area contributed by atoms with E-state index in [-0.39, 0.29) is 12.5 Å². The first-order valence-electron chi connectivity index (χ1n) is 4.90. The molecule has 1 aromatic carbocycles. The van der Waals surface area contributed by atoms with E-state index < -0.39 is 6.10 Å². The molecule has 0 aliphatic heterocycles. The van der Waals surface area contributed by atoms with E-state index in [1.807, 2.05) is 0 Å². The zero-order valence-electron chi connectivity index (χ0n) is 9.27. The number of hydrogen-bond donors (Lipinski definition) is 2. The molecule has 1 atom stereocenters. The Morgan fingerprint density at radius 1 is 1.62 bits per heavy atom. The molecule has 88 valence electrons. The Morgan fingerprint density at radius 3 is 2.75 bits per heavy atom. The van der Waals surface area contributed by atoms with Crippen molar-refractivity contribution in [1.29, 1.82) is 0 Å². The second-order valence-corrected chi connectivity index (χ2v) is 4.20. The van der Waals surface area contributed by atoms with Crippen LogP contribution >= 0.6 is 11.6 Å². The Bertz CT molecular complexity index is 394. The Balaban J connectivity index is 2.88. The van der Waals surface area contributed by atoms with Crippen molar-refractivity contribution in [3.63, 3.8) is 0 Å². The lowest BCUT2D eigenvalue weighted by Gasteiger charge is -2.19. The summed E-state index contributed by atoms with van der Waals surface area (Å²) < 4.78 is 0. The minimum Gasteiger partial charge on any atom is -0.398 e. The largest absolute Gasteiger partial charge is 0.398 e. The number of carbonyl (C=O) groups is 1. The van der Waals surface area contributed by atoms with Gasteiger partial charge >= 0.3 is 0 Å². The molecule has 3 N–H and O–H groups in total. The first-order chi connectivity index (χ1) is 7.41. The number of aliphatic hydroxyl groups excluding tert-OH is 1. The molecule has 16 heavy (non-hydrogen) atoms. The monoisotopic (exact) mass is 242 g/mol. The Kier molecular flexibility index (Phi) is 4.15. The molecule has 1 amide bonds. The molecule has 0 heterocycles. The van der Waals surface area contributed by atoms with Crippen molar-refractivity contribution in [2.75, 3.05) is 19.3 Å². The highest BCUT2D eigenvalue weighted by Gasteiger charge is 2.15. The van der Waals surface area contributed by atoms with E-state index in [2.05, 4.69) is 0 Å². The lowest BCUT2D eigenvalue weighted by molar-refractivity contribution is 0.0704. The average molecular weight is 243 g/mol. The molecule has 0 radical (unpaired) electrons. The fraction of sp³-hybridized carbons (Fsp3) is 0.364. The third-order valence-corrected chi connectivity index (χ3v) is 2.36. The number of anilines is 1. The standard InChI is InChI=1S/C11H15ClN2O2/c1-7(15)6-14(2)11(16)9-4-3-8(12)5-10(9)13/h3-5,7,15H,6,13H2,1-2H3. The fourth-order valence-corrected chi connectivity index (χ4v) is 1.59. The van der Waals surface area contributed by atoms with Crippen LogP contribution in [0.15, 0.2) is 18.2 Å². The molecule has 0 saturated carbocycles. The van der Waals surface area contributed by atoms with Crippen LogP contribution in [0.5, 0.6) is 0 Å². The highest BCUT2D eigenvalue weighted by molar-refractivity contribution is 6.31. The maximum Gasteiger partial charge on any atom is 0.255 e. The molecule has 0 bridgehead atoms. The summed E-state index contributed by atoms with van der Waals surface area (Å²) >= 11 is 5.74. The van der Waals surface area contributed by atoms with Crippen LogP contribution in [0.4, 0.5) is 5.69 Å². The van der Waals surface area contributed by atoms with Gasteiger partial charge in [-0.2, -0.15) is 0 Å². The summed E-state index contributed by atoms with van der Waals surface area (Å²) in [4.78, 5) is 13.3. The van der Waals surface area contributed by atoms with Crippen LogP contribution in [-0.2, 0) is 0 Å². The molecule has 1 aromatic rings. The smallest absolute Gasteiger partial charge is 0.255 e. The molecule has 0 fully saturated rings. The predicted molar refractivity (Wildman–Crippen MR) is 64.5 cm³/mol. The first-order valence-corrected chi connectivity index (χ1v) is 5.28. The van der Waals surface area contributed by atoms with Gasteiger partial charge in [0, 0.05) is 24.3 Å². The second-order valence-electron chi connectivity index (χ2n) is 3.77. The van der Waals surface area contributed by atoms with Crippen molar-refractivity contribution in [2.24, 2.45) is 0 Å².